The third-order valence-electron chi connectivity index (χ3n) is 3.43. The van der Waals surface area contributed by atoms with Crippen LogP contribution < -0.4 is 10.2 Å². The Bertz CT molecular complexity index is 748. The number of carboxylic acid groups (broad SMARTS) is 1. The number of benzene rings is 1. The normalized spacial score (nSPS) is 16.6. The zero-order valence-electron chi connectivity index (χ0n) is 10.9. The van der Waals surface area contributed by atoms with Crippen molar-refractivity contribution in [2.45, 2.75) is 13.0 Å². The van der Waals surface area contributed by atoms with Crippen LogP contribution >= 0.6 is 0 Å². The highest BCUT2D eigenvalue weighted by atomic mass is 16.5. The van der Waals surface area contributed by atoms with Gasteiger partial charge in [-0.15, -0.1) is 0 Å². The summed E-state index contributed by atoms with van der Waals surface area (Å²) < 4.78 is 7.50. The fraction of sp³-hybridized carbons (Fsp3) is 0.200. The zero-order valence-corrected chi connectivity index (χ0v) is 10.9. The lowest BCUT2D eigenvalue weighted by Crippen LogP contribution is -2.21. The maximum absolute atomic E-state index is 11.9. The Balaban J connectivity index is 2.32. The highest BCUT2D eigenvalue weighted by Crippen LogP contribution is 2.34. The van der Waals surface area contributed by atoms with Crippen LogP contribution in [0.5, 0.6) is 5.75 Å². The largest absolute Gasteiger partial charge is 0.491 e. The van der Waals surface area contributed by atoms with E-state index in [1.165, 1.54) is 12.3 Å². The van der Waals surface area contributed by atoms with Crippen LogP contribution in [0.3, 0.4) is 0 Å². The van der Waals surface area contributed by atoms with E-state index in [1.54, 1.807) is 4.57 Å². The van der Waals surface area contributed by atoms with Crippen LogP contribution in [0.1, 0.15) is 23.3 Å². The average molecular weight is 271 g/mol. The van der Waals surface area contributed by atoms with Gasteiger partial charge in [0, 0.05) is 17.8 Å². The van der Waals surface area contributed by atoms with E-state index < -0.39 is 11.4 Å². The summed E-state index contributed by atoms with van der Waals surface area (Å²) in [6.07, 6.45) is 1.40. The fourth-order valence-electron chi connectivity index (χ4n) is 2.39. The Hall–Kier alpha value is -2.56. The Labute approximate surface area is 115 Å². The van der Waals surface area contributed by atoms with Crippen molar-refractivity contribution in [2.75, 3.05) is 6.61 Å². The number of aromatic carboxylic acids is 1. The quantitative estimate of drug-likeness (QED) is 0.863. The summed E-state index contributed by atoms with van der Waals surface area (Å²) in [5.41, 5.74) is 0.763. The molecule has 1 aromatic heterocycles. The van der Waals surface area contributed by atoms with Crippen molar-refractivity contribution in [3.8, 4) is 17.0 Å². The molecule has 3 rings (SSSR count). The van der Waals surface area contributed by atoms with Crippen molar-refractivity contribution in [3.63, 3.8) is 0 Å². The molecule has 2 aromatic rings. The molecule has 0 radical (unpaired) electrons. The topological polar surface area (TPSA) is 68.5 Å². The van der Waals surface area contributed by atoms with Crippen molar-refractivity contribution in [1.29, 1.82) is 0 Å². The van der Waals surface area contributed by atoms with Gasteiger partial charge in [-0.05, 0) is 19.1 Å². The number of aromatic nitrogens is 1. The summed E-state index contributed by atoms with van der Waals surface area (Å²) >= 11 is 0. The first kappa shape index (κ1) is 12.5. The van der Waals surface area contributed by atoms with Gasteiger partial charge < -0.3 is 14.4 Å². The number of para-hydroxylation sites is 1. The minimum atomic E-state index is -1.21. The second-order valence-electron chi connectivity index (χ2n) is 4.81. The number of ether oxygens (including phenoxy) is 1. The number of fused-ring (bicyclic) bond motifs is 3. The van der Waals surface area contributed by atoms with Gasteiger partial charge in [0.1, 0.15) is 17.9 Å². The first-order valence-electron chi connectivity index (χ1n) is 6.29. The summed E-state index contributed by atoms with van der Waals surface area (Å²) in [5.74, 6) is -0.510. The molecule has 1 N–H and O–H groups in total. The molecular formula is C15H13NO4. The van der Waals surface area contributed by atoms with E-state index in [0.717, 1.165) is 5.56 Å². The predicted molar refractivity (Wildman–Crippen MR) is 73.3 cm³/mol. The molecule has 1 aliphatic heterocycles. The van der Waals surface area contributed by atoms with Crippen LogP contribution in [0.15, 0.2) is 41.3 Å². The third kappa shape index (κ3) is 1.87. The standard InChI is InChI=1S/C15H13NO4/c1-9-8-20-14-5-3-2-4-10(14)12-6-13(17)11(15(18)19)7-16(9)12/h2-7,9H,8H2,1H3,(H,18,19)/t9-/m0/s1. The predicted octanol–water partition coefficient (Wildman–Crippen LogP) is 2.17. The maximum Gasteiger partial charge on any atom is 0.341 e. The van der Waals surface area contributed by atoms with E-state index in [0.29, 0.717) is 18.1 Å². The van der Waals surface area contributed by atoms with Gasteiger partial charge in [0.15, 0.2) is 5.43 Å². The van der Waals surface area contributed by atoms with Crippen molar-refractivity contribution in [1.82, 2.24) is 4.57 Å². The average Bonchev–Trinajstić information content (AvgIpc) is 2.56. The Morgan fingerprint density at radius 1 is 1.40 bits per heavy atom. The molecule has 20 heavy (non-hydrogen) atoms. The monoisotopic (exact) mass is 271 g/mol. The number of hydrogen-bond donors (Lipinski definition) is 1. The molecule has 0 spiro atoms. The van der Waals surface area contributed by atoms with Gasteiger partial charge in [-0.2, -0.15) is 0 Å². The number of rotatable bonds is 1. The van der Waals surface area contributed by atoms with Gasteiger partial charge in [0.25, 0.3) is 0 Å². The summed E-state index contributed by atoms with van der Waals surface area (Å²) in [7, 11) is 0. The second-order valence-corrected chi connectivity index (χ2v) is 4.81. The first-order valence-corrected chi connectivity index (χ1v) is 6.29. The molecule has 0 saturated carbocycles. The van der Waals surface area contributed by atoms with E-state index in [-0.39, 0.29) is 11.6 Å². The summed E-state index contributed by atoms with van der Waals surface area (Å²) in [6, 6.07) is 8.73. The minimum absolute atomic E-state index is 0.0592. The van der Waals surface area contributed by atoms with Gasteiger partial charge in [-0.1, -0.05) is 12.1 Å². The molecule has 0 bridgehead atoms. The number of carboxylic acids is 1. The van der Waals surface area contributed by atoms with E-state index in [2.05, 4.69) is 0 Å². The zero-order chi connectivity index (χ0) is 14.3. The van der Waals surface area contributed by atoms with Gasteiger partial charge in [0.05, 0.1) is 11.7 Å². The molecule has 1 aromatic carbocycles. The van der Waals surface area contributed by atoms with Crippen LogP contribution in [-0.4, -0.2) is 22.2 Å². The molecule has 0 aliphatic carbocycles. The Morgan fingerprint density at radius 3 is 2.90 bits per heavy atom. The van der Waals surface area contributed by atoms with E-state index in [4.69, 9.17) is 9.84 Å². The summed E-state index contributed by atoms with van der Waals surface area (Å²) in [6.45, 7) is 2.34. The van der Waals surface area contributed by atoms with Gasteiger partial charge in [-0.25, -0.2) is 4.79 Å². The van der Waals surface area contributed by atoms with Crippen LogP contribution in [0.2, 0.25) is 0 Å². The highest BCUT2D eigenvalue weighted by molar-refractivity contribution is 5.87. The summed E-state index contributed by atoms with van der Waals surface area (Å²) in [5, 5.41) is 9.07. The molecule has 102 valence electrons. The molecule has 0 amide bonds. The lowest BCUT2D eigenvalue weighted by Gasteiger charge is -2.16. The molecule has 0 unspecified atom stereocenters. The van der Waals surface area contributed by atoms with Crippen LogP contribution in [-0.2, 0) is 0 Å². The smallest absolute Gasteiger partial charge is 0.341 e. The number of nitrogens with zero attached hydrogens (tertiary/aromatic N) is 1. The van der Waals surface area contributed by atoms with Crippen molar-refractivity contribution in [2.24, 2.45) is 0 Å². The van der Waals surface area contributed by atoms with Gasteiger partial charge in [0.2, 0.25) is 0 Å². The van der Waals surface area contributed by atoms with Crippen molar-refractivity contribution in [3.05, 3.63) is 52.3 Å². The number of hydrogen-bond acceptors (Lipinski definition) is 3. The molecule has 5 nitrogen and oxygen atoms in total. The van der Waals surface area contributed by atoms with Crippen molar-refractivity contribution >= 4 is 5.97 Å². The molecule has 0 saturated heterocycles. The molecule has 0 fully saturated rings. The van der Waals surface area contributed by atoms with E-state index in [1.807, 2.05) is 31.2 Å². The SMILES string of the molecule is C[C@H]1COc2ccccc2-c2cc(=O)c(C(=O)O)cn21. The van der Waals surface area contributed by atoms with Crippen LogP contribution in [0, 0.1) is 0 Å². The lowest BCUT2D eigenvalue weighted by atomic mass is 10.1. The third-order valence-corrected chi connectivity index (χ3v) is 3.43. The van der Waals surface area contributed by atoms with Crippen LogP contribution in [0.4, 0.5) is 0 Å². The summed E-state index contributed by atoms with van der Waals surface area (Å²) in [4.78, 5) is 23.0. The van der Waals surface area contributed by atoms with Gasteiger partial charge in [-0.3, -0.25) is 4.79 Å². The van der Waals surface area contributed by atoms with Gasteiger partial charge >= 0.3 is 5.97 Å². The lowest BCUT2D eigenvalue weighted by molar-refractivity contribution is 0.0694. The first-order chi connectivity index (χ1) is 9.58. The molecule has 1 aliphatic rings. The van der Waals surface area contributed by atoms with E-state index in [9.17, 15) is 9.59 Å². The Morgan fingerprint density at radius 2 is 2.15 bits per heavy atom. The van der Waals surface area contributed by atoms with E-state index >= 15 is 0 Å². The van der Waals surface area contributed by atoms with Crippen molar-refractivity contribution < 1.29 is 14.6 Å². The highest BCUT2D eigenvalue weighted by Gasteiger charge is 2.21. The maximum atomic E-state index is 11.9. The molecule has 5 heteroatoms. The fourth-order valence-corrected chi connectivity index (χ4v) is 2.39. The number of carbonyl (C=O) groups is 1. The Kier molecular flexibility index (Phi) is 2.82. The molecule has 1 atom stereocenters. The molecular weight excluding hydrogens is 258 g/mol. The number of pyridine rings is 1. The molecule has 2 heterocycles. The second kappa shape index (κ2) is 4.52. The minimum Gasteiger partial charge on any atom is -0.491 e. The van der Waals surface area contributed by atoms with Crippen LogP contribution in [0.25, 0.3) is 11.3 Å².